The minimum absolute atomic E-state index is 0.0493. The van der Waals surface area contributed by atoms with Crippen molar-refractivity contribution in [3.63, 3.8) is 0 Å². The lowest BCUT2D eigenvalue weighted by atomic mass is 10.2. The van der Waals surface area contributed by atoms with Crippen LogP contribution in [0.2, 0.25) is 0 Å². The van der Waals surface area contributed by atoms with Crippen LogP contribution in [0.15, 0.2) is 15.9 Å². The second kappa shape index (κ2) is 5.60. The Labute approximate surface area is 121 Å². The molecule has 0 aliphatic carbocycles. The van der Waals surface area contributed by atoms with E-state index in [1.807, 2.05) is 0 Å². The first-order valence-corrected chi connectivity index (χ1v) is 6.39. The van der Waals surface area contributed by atoms with E-state index in [1.54, 1.807) is 0 Å². The first-order valence-electron chi connectivity index (χ1n) is 8.39. The van der Waals surface area contributed by atoms with Crippen molar-refractivity contribution in [2.45, 2.75) is 38.9 Å². The monoisotopic (exact) mass is 286 g/mol. The van der Waals surface area contributed by atoms with E-state index in [-0.39, 0.29) is 17.7 Å². The first kappa shape index (κ1) is 9.90. The van der Waals surface area contributed by atoms with Gasteiger partial charge in [-0.1, -0.05) is 0 Å². The van der Waals surface area contributed by atoms with Crippen LogP contribution >= 0.6 is 0 Å². The molecule has 2 heterocycles. The van der Waals surface area contributed by atoms with Gasteiger partial charge in [0.05, 0.1) is 12.5 Å². The van der Waals surface area contributed by atoms with Gasteiger partial charge in [-0.05, 0) is 26.2 Å². The van der Waals surface area contributed by atoms with Crippen molar-refractivity contribution in [1.29, 1.82) is 0 Å². The molecule has 0 aliphatic rings. The summed E-state index contributed by atoms with van der Waals surface area (Å²) in [6.45, 7) is -1.28. The molecule has 0 spiro atoms. The Balaban J connectivity index is 2.58. The molecule has 0 radical (unpaired) electrons. The maximum Gasteiger partial charge on any atom is 0.332 e. The predicted molar refractivity (Wildman–Crippen MR) is 74.6 cm³/mol. The number of hydrogen-bond acceptors (Lipinski definition) is 3. The lowest BCUT2D eigenvalue weighted by Gasteiger charge is -2.08. The van der Waals surface area contributed by atoms with Gasteiger partial charge in [0.25, 0.3) is 5.56 Å². The lowest BCUT2D eigenvalue weighted by molar-refractivity contribution is 0.328. The van der Waals surface area contributed by atoms with E-state index in [9.17, 15) is 14.0 Å². The molecule has 2 rings (SSSR count). The van der Waals surface area contributed by atoms with Crippen molar-refractivity contribution in [2.75, 3.05) is 0 Å². The molecule has 1 atom stereocenters. The molecule has 0 N–H and O–H groups in total. The maximum absolute atomic E-state index is 12.8. The summed E-state index contributed by atoms with van der Waals surface area (Å²) in [5, 5.41) is 0. The van der Waals surface area contributed by atoms with Gasteiger partial charge in [-0.2, -0.15) is 0 Å². The van der Waals surface area contributed by atoms with Gasteiger partial charge in [0.1, 0.15) is 1.37 Å². The molecule has 110 valence electrons. The van der Waals surface area contributed by atoms with Gasteiger partial charge < -0.3 is 4.57 Å². The van der Waals surface area contributed by atoms with Crippen LogP contribution in [0.4, 0.5) is 4.39 Å². The lowest BCUT2D eigenvalue weighted by Crippen LogP contribution is -2.39. The summed E-state index contributed by atoms with van der Waals surface area (Å²) in [5.41, 5.74) is -1.89. The average Bonchev–Trinajstić information content (AvgIpc) is 2.81. The highest BCUT2D eigenvalue weighted by atomic mass is 19.1. The summed E-state index contributed by atoms with van der Waals surface area (Å²) >= 11 is 0. The average molecular weight is 286 g/mol. The van der Waals surface area contributed by atoms with Crippen molar-refractivity contribution in [3.8, 4) is 0 Å². The first-order chi connectivity index (χ1) is 11.1. The van der Waals surface area contributed by atoms with Gasteiger partial charge >= 0.3 is 5.69 Å². The number of alkyl halides is 1. The molecule has 0 bridgehead atoms. The van der Waals surface area contributed by atoms with Crippen LogP contribution in [0.3, 0.4) is 0 Å². The summed E-state index contributed by atoms with van der Waals surface area (Å²) in [6, 6.07) is 0. The highest BCUT2D eigenvalue weighted by Gasteiger charge is 2.14. The zero-order chi connectivity index (χ0) is 18.2. The van der Waals surface area contributed by atoms with Gasteiger partial charge in [0, 0.05) is 24.7 Å². The Hall–Kier alpha value is -1.92. The molecule has 6 nitrogen and oxygen atoms in total. The number of rotatable bonds is 5. The van der Waals surface area contributed by atoms with Crippen LogP contribution in [-0.2, 0) is 20.6 Å². The molecule has 0 aliphatic heterocycles. The minimum atomic E-state index is -2.76. The SMILES string of the molecule is [2H]c1nc2c(c(=O)n(CCCC[C@@H](C)F)c(=O)n2C)n1C([2H])([2H])[2H]. The number of nitrogens with zero attached hydrogens (tertiary/aromatic N) is 4. The Kier molecular flexibility index (Phi) is 2.77. The summed E-state index contributed by atoms with van der Waals surface area (Å²) in [5.74, 6) is 0. The molecule has 0 saturated carbocycles. The molecule has 0 saturated heterocycles. The van der Waals surface area contributed by atoms with Crippen molar-refractivity contribution < 1.29 is 9.87 Å². The number of imidazole rings is 1. The highest BCUT2D eigenvalue weighted by Crippen LogP contribution is 2.06. The van der Waals surface area contributed by atoms with E-state index in [0.29, 0.717) is 23.8 Å². The quantitative estimate of drug-likeness (QED) is 0.769. The van der Waals surface area contributed by atoms with Gasteiger partial charge in [0.2, 0.25) is 0 Å². The van der Waals surface area contributed by atoms with E-state index in [0.717, 1.165) is 9.13 Å². The standard InChI is InChI=1S/C13H19FN4O2/c1-9(14)6-4-5-7-18-12(19)10-11(15-8-16(10)2)17(3)13(18)20/h8-9H,4-7H2,1-3H3/t9-/m1/s1/i2D3,8D. The van der Waals surface area contributed by atoms with Crippen LogP contribution < -0.4 is 11.2 Å². The minimum Gasteiger partial charge on any atom is -0.328 e. The zero-order valence-electron chi connectivity index (χ0n) is 15.4. The fourth-order valence-electron chi connectivity index (χ4n) is 2.10. The molecule has 7 heteroatoms. The van der Waals surface area contributed by atoms with Crippen molar-refractivity contribution in [1.82, 2.24) is 18.7 Å². The number of hydrogen-bond donors (Lipinski definition) is 0. The van der Waals surface area contributed by atoms with Crippen molar-refractivity contribution >= 4 is 11.2 Å². The number of aromatic nitrogens is 4. The Morgan fingerprint density at radius 1 is 1.50 bits per heavy atom. The van der Waals surface area contributed by atoms with Crippen LogP contribution in [0.1, 0.15) is 31.7 Å². The highest BCUT2D eigenvalue weighted by molar-refractivity contribution is 5.69. The smallest absolute Gasteiger partial charge is 0.328 e. The van der Waals surface area contributed by atoms with Crippen LogP contribution in [0, 0.1) is 0 Å². The number of aryl methyl sites for hydroxylation is 2. The zero-order valence-corrected chi connectivity index (χ0v) is 11.4. The second-order valence-electron chi connectivity index (χ2n) is 4.79. The molecule has 20 heavy (non-hydrogen) atoms. The fraction of sp³-hybridized carbons (Fsp3) is 0.615. The van der Waals surface area contributed by atoms with Gasteiger partial charge in [-0.3, -0.25) is 13.9 Å². The van der Waals surface area contributed by atoms with Crippen molar-refractivity contribution in [3.05, 3.63) is 27.1 Å². The number of halogens is 1. The van der Waals surface area contributed by atoms with Crippen LogP contribution in [0.5, 0.6) is 0 Å². The third-order valence-electron chi connectivity index (χ3n) is 3.21. The summed E-state index contributed by atoms with van der Waals surface area (Å²) in [4.78, 5) is 28.6. The molecular formula is C13H19FN4O2. The summed E-state index contributed by atoms with van der Waals surface area (Å²) < 4.78 is 45.4. The van der Waals surface area contributed by atoms with E-state index < -0.39 is 30.7 Å². The Bertz CT molecular complexity index is 866. The Morgan fingerprint density at radius 2 is 2.25 bits per heavy atom. The maximum atomic E-state index is 12.8. The number of fused-ring (bicyclic) bond motifs is 1. The third-order valence-corrected chi connectivity index (χ3v) is 3.21. The number of unbranched alkanes of at least 4 members (excludes halogenated alkanes) is 1. The third kappa shape index (κ3) is 2.52. The summed E-state index contributed by atoms with van der Waals surface area (Å²) in [6.07, 6.45) is -0.351. The predicted octanol–water partition coefficient (Wildman–Crippen LogP) is 0.962. The molecule has 2 aromatic rings. The molecule has 0 fully saturated rings. The summed E-state index contributed by atoms with van der Waals surface area (Å²) in [7, 11) is 1.36. The van der Waals surface area contributed by atoms with Crippen molar-refractivity contribution in [2.24, 2.45) is 14.0 Å². The van der Waals surface area contributed by atoms with Gasteiger partial charge in [0.15, 0.2) is 11.2 Å². The van der Waals surface area contributed by atoms with Crippen LogP contribution in [-0.4, -0.2) is 24.9 Å². The molecule has 0 aromatic carbocycles. The van der Waals surface area contributed by atoms with E-state index >= 15 is 0 Å². The van der Waals surface area contributed by atoms with E-state index in [4.69, 9.17) is 5.48 Å². The fourth-order valence-corrected chi connectivity index (χ4v) is 2.10. The second-order valence-corrected chi connectivity index (χ2v) is 4.79. The largest absolute Gasteiger partial charge is 0.332 e. The molecule has 0 amide bonds. The van der Waals surface area contributed by atoms with Crippen LogP contribution in [0.25, 0.3) is 11.2 Å². The molecule has 0 unspecified atom stereocenters. The Morgan fingerprint density at radius 3 is 2.90 bits per heavy atom. The van der Waals surface area contributed by atoms with E-state index in [1.165, 1.54) is 14.0 Å². The van der Waals surface area contributed by atoms with E-state index in [2.05, 4.69) is 4.98 Å². The molecule has 2 aromatic heterocycles. The topological polar surface area (TPSA) is 61.8 Å². The normalized spacial score (nSPS) is 16.6. The van der Waals surface area contributed by atoms with Gasteiger partial charge in [-0.15, -0.1) is 0 Å². The molecular weight excluding hydrogens is 263 g/mol. The van der Waals surface area contributed by atoms with Gasteiger partial charge in [-0.25, -0.2) is 14.2 Å².